The molecule has 0 radical (unpaired) electrons. The molecule has 1 saturated heterocycles. The van der Waals surface area contributed by atoms with E-state index in [9.17, 15) is 15.1 Å². The van der Waals surface area contributed by atoms with Crippen LogP contribution in [-0.2, 0) is 11.2 Å². The van der Waals surface area contributed by atoms with E-state index in [2.05, 4.69) is 5.32 Å². The normalized spacial score (nSPS) is 21.9. The number of carbonyl (C=O) groups is 1. The van der Waals surface area contributed by atoms with Crippen LogP contribution in [0.25, 0.3) is 0 Å². The van der Waals surface area contributed by atoms with Gasteiger partial charge in [0.25, 0.3) is 0 Å². The van der Waals surface area contributed by atoms with Gasteiger partial charge in [-0.2, -0.15) is 0 Å². The van der Waals surface area contributed by atoms with E-state index >= 15 is 0 Å². The first-order valence-electron chi connectivity index (χ1n) is 7.95. The van der Waals surface area contributed by atoms with E-state index in [0.29, 0.717) is 18.0 Å². The molecular formula is C17H24N2O5. The van der Waals surface area contributed by atoms with Gasteiger partial charge in [0.1, 0.15) is 6.54 Å². The molecule has 1 atom stereocenters. The van der Waals surface area contributed by atoms with Crippen LogP contribution in [-0.4, -0.2) is 49.5 Å². The van der Waals surface area contributed by atoms with Crippen molar-refractivity contribution in [1.82, 2.24) is 5.32 Å². The predicted molar refractivity (Wildman–Crippen MR) is 89.6 cm³/mol. The fraction of sp³-hybridized carbons (Fsp3) is 0.471. The number of rotatable bonds is 8. The summed E-state index contributed by atoms with van der Waals surface area (Å²) >= 11 is 0. The first-order chi connectivity index (χ1) is 11.4. The van der Waals surface area contributed by atoms with Crippen molar-refractivity contribution in [2.45, 2.75) is 19.8 Å². The zero-order valence-corrected chi connectivity index (χ0v) is 14.3. The van der Waals surface area contributed by atoms with E-state index in [1.165, 1.54) is 0 Å². The highest BCUT2D eigenvalue weighted by Crippen LogP contribution is 2.28. The number of amides is 1. The molecule has 2 rings (SSSR count). The Bertz CT molecular complexity index is 644. The Morgan fingerprint density at radius 2 is 2.04 bits per heavy atom. The van der Waals surface area contributed by atoms with Crippen LogP contribution in [0, 0.1) is 5.21 Å². The smallest absolute Gasteiger partial charge is 0.353 e. The fourth-order valence-electron chi connectivity index (χ4n) is 2.62. The molecule has 1 aliphatic heterocycles. The Balaban J connectivity index is 1.82. The number of β-lactam (4-membered cyclic amide) rings is 1. The summed E-state index contributed by atoms with van der Waals surface area (Å²) in [5.41, 5.74) is 1.28. The lowest BCUT2D eigenvalue weighted by Gasteiger charge is -2.46. The third-order valence-corrected chi connectivity index (χ3v) is 4.22. The maximum Gasteiger partial charge on any atom is 0.353 e. The molecule has 132 valence electrons. The lowest BCUT2D eigenvalue weighted by atomic mass is 10.1. The average Bonchev–Trinajstić information content (AvgIpc) is 2.61. The van der Waals surface area contributed by atoms with Gasteiger partial charge < -0.3 is 25.1 Å². The highest BCUT2D eigenvalue weighted by molar-refractivity contribution is 5.94. The minimum atomic E-state index is -0.882. The molecular weight excluding hydrogens is 312 g/mol. The van der Waals surface area contributed by atoms with Crippen molar-refractivity contribution in [3.8, 4) is 11.5 Å². The number of likely N-dealkylation sites (tertiary alicyclic amines) is 1. The van der Waals surface area contributed by atoms with Gasteiger partial charge in [-0.3, -0.25) is 4.65 Å². The number of methoxy groups -OCH3 is 2. The summed E-state index contributed by atoms with van der Waals surface area (Å²) in [6.07, 6.45) is 1.53. The van der Waals surface area contributed by atoms with Crippen molar-refractivity contribution < 1.29 is 24.0 Å². The van der Waals surface area contributed by atoms with Crippen molar-refractivity contribution in [2.75, 3.05) is 33.9 Å². The van der Waals surface area contributed by atoms with E-state index in [4.69, 9.17) is 9.47 Å². The molecule has 1 aliphatic rings. The van der Waals surface area contributed by atoms with Crippen LogP contribution in [0.5, 0.6) is 11.5 Å². The van der Waals surface area contributed by atoms with Gasteiger partial charge in [0.05, 0.1) is 20.8 Å². The van der Waals surface area contributed by atoms with Gasteiger partial charge in [-0.25, -0.2) is 4.79 Å². The fourth-order valence-corrected chi connectivity index (χ4v) is 2.62. The van der Waals surface area contributed by atoms with Gasteiger partial charge in [0.2, 0.25) is 5.88 Å². The number of aliphatic hydroxyl groups excluding tert-OH is 1. The summed E-state index contributed by atoms with van der Waals surface area (Å²) in [5, 5.41) is 24.5. The molecule has 0 bridgehead atoms. The second kappa shape index (κ2) is 7.55. The molecule has 1 heterocycles. The van der Waals surface area contributed by atoms with Gasteiger partial charge in [-0.05, 0) is 37.5 Å². The van der Waals surface area contributed by atoms with Crippen LogP contribution in [0.4, 0.5) is 0 Å². The number of likely N-dealkylation sites (N-methyl/N-ethyl adjacent to an activating group) is 1. The number of nitrogens with zero attached hydrogens (tertiary/aromatic N) is 1. The molecule has 1 fully saturated rings. The number of quaternary nitrogens is 1. The van der Waals surface area contributed by atoms with Crippen molar-refractivity contribution in [3.05, 3.63) is 40.4 Å². The minimum absolute atomic E-state index is 0.0316. The Morgan fingerprint density at radius 3 is 2.62 bits per heavy atom. The lowest BCUT2D eigenvalue weighted by molar-refractivity contribution is -0.816. The zero-order chi connectivity index (χ0) is 17.7. The van der Waals surface area contributed by atoms with E-state index < -0.39 is 10.6 Å². The second-order valence-electron chi connectivity index (χ2n) is 5.72. The Kier molecular flexibility index (Phi) is 5.69. The number of hydrogen-bond acceptors (Lipinski definition) is 6. The number of carbonyl (C=O) groups excluding carboxylic acids is 1. The minimum Gasteiger partial charge on any atom is -0.625 e. The summed E-state index contributed by atoms with van der Waals surface area (Å²) in [5.74, 6) is 0.630. The molecule has 7 heteroatoms. The van der Waals surface area contributed by atoms with E-state index in [0.717, 1.165) is 18.4 Å². The Hall–Kier alpha value is -2.25. The SMILES string of the molecule is CC[N+]1([O-])C/C(=C(/O)NCCCc2ccc(OC)c(OC)c2)C1=O. The van der Waals surface area contributed by atoms with Crippen LogP contribution >= 0.6 is 0 Å². The summed E-state index contributed by atoms with van der Waals surface area (Å²) in [7, 11) is 3.18. The third-order valence-electron chi connectivity index (χ3n) is 4.22. The van der Waals surface area contributed by atoms with Crippen molar-refractivity contribution >= 4 is 5.91 Å². The molecule has 1 amide bonds. The van der Waals surface area contributed by atoms with Crippen LogP contribution in [0.2, 0.25) is 0 Å². The first-order valence-corrected chi connectivity index (χ1v) is 7.95. The molecule has 7 nitrogen and oxygen atoms in total. The second-order valence-corrected chi connectivity index (χ2v) is 5.72. The van der Waals surface area contributed by atoms with Gasteiger partial charge in [-0.15, -0.1) is 0 Å². The molecule has 2 N–H and O–H groups in total. The number of nitrogens with one attached hydrogen (secondary N) is 1. The van der Waals surface area contributed by atoms with Gasteiger partial charge in [0.15, 0.2) is 17.1 Å². The van der Waals surface area contributed by atoms with Crippen molar-refractivity contribution in [2.24, 2.45) is 0 Å². The molecule has 0 saturated carbocycles. The van der Waals surface area contributed by atoms with Crippen LogP contribution in [0.3, 0.4) is 0 Å². The highest BCUT2D eigenvalue weighted by Gasteiger charge is 2.45. The third kappa shape index (κ3) is 3.63. The molecule has 0 spiro atoms. The summed E-state index contributed by atoms with van der Waals surface area (Å²) in [4.78, 5) is 11.7. The van der Waals surface area contributed by atoms with Crippen LogP contribution in [0.1, 0.15) is 18.9 Å². The summed E-state index contributed by atoms with van der Waals surface area (Å²) < 4.78 is 9.57. The molecule has 1 aromatic carbocycles. The summed E-state index contributed by atoms with van der Waals surface area (Å²) in [6.45, 7) is 2.38. The van der Waals surface area contributed by atoms with E-state index in [1.54, 1.807) is 21.1 Å². The largest absolute Gasteiger partial charge is 0.625 e. The number of benzene rings is 1. The monoisotopic (exact) mass is 336 g/mol. The number of aryl methyl sites for hydroxylation is 1. The molecule has 1 unspecified atom stereocenters. The standard InChI is InChI=1S/C17H24N2O5/c1-4-19(22)11-13(17(19)21)16(20)18-9-5-6-12-7-8-14(23-2)15(10-12)24-3/h7-8,10,18,20H,4-6,9,11H2,1-3H3/b16-13-. The number of ether oxygens (including phenoxy) is 2. The zero-order valence-electron chi connectivity index (χ0n) is 14.3. The summed E-state index contributed by atoms with van der Waals surface area (Å²) in [6, 6.07) is 5.72. The molecule has 0 aromatic heterocycles. The molecule has 24 heavy (non-hydrogen) atoms. The Labute approximate surface area is 141 Å². The topological polar surface area (TPSA) is 90.8 Å². The van der Waals surface area contributed by atoms with Gasteiger partial charge in [0, 0.05) is 6.54 Å². The van der Waals surface area contributed by atoms with E-state index in [-0.39, 0.29) is 24.5 Å². The van der Waals surface area contributed by atoms with Gasteiger partial charge in [-0.1, -0.05) is 6.07 Å². The first kappa shape index (κ1) is 18.1. The van der Waals surface area contributed by atoms with E-state index in [1.807, 2.05) is 18.2 Å². The average molecular weight is 336 g/mol. The maximum absolute atomic E-state index is 11.8. The lowest BCUT2D eigenvalue weighted by Crippen LogP contribution is -2.60. The van der Waals surface area contributed by atoms with Gasteiger partial charge >= 0.3 is 5.91 Å². The van der Waals surface area contributed by atoms with Crippen LogP contribution < -0.4 is 14.8 Å². The molecule has 0 aliphatic carbocycles. The van der Waals surface area contributed by atoms with Crippen molar-refractivity contribution in [1.29, 1.82) is 0 Å². The number of hydrogen-bond donors (Lipinski definition) is 2. The van der Waals surface area contributed by atoms with Crippen molar-refractivity contribution in [3.63, 3.8) is 0 Å². The Morgan fingerprint density at radius 1 is 1.33 bits per heavy atom. The number of aliphatic hydroxyl groups is 1. The predicted octanol–water partition coefficient (Wildman–Crippen LogP) is 1.87. The molecule has 1 aromatic rings. The maximum atomic E-state index is 11.8. The highest BCUT2D eigenvalue weighted by atomic mass is 16.6. The quantitative estimate of drug-likeness (QED) is 0.188. The van der Waals surface area contributed by atoms with Crippen LogP contribution in [0.15, 0.2) is 29.7 Å². The number of hydroxylamine groups is 3.